The molecule has 27 heavy (non-hydrogen) atoms. The van der Waals surface area contributed by atoms with E-state index in [1.165, 1.54) is 13.3 Å². The normalized spacial score (nSPS) is 29.5. The fraction of sp³-hybridized carbons (Fsp3) is 0.706. The predicted molar refractivity (Wildman–Crippen MR) is 98.9 cm³/mol. The van der Waals surface area contributed by atoms with Gasteiger partial charge in [0.2, 0.25) is 0 Å². The van der Waals surface area contributed by atoms with E-state index in [9.17, 15) is 13.8 Å². The molecular weight excluding hydrogens is 372 g/mol. The largest absolute Gasteiger partial charge is 0.372 e. The van der Waals surface area contributed by atoms with Gasteiger partial charge in [0.25, 0.3) is 11.8 Å². The van der Waals surface area contributed by atoms with Gasteiger partial charge in [-0.25, -0.2) is 4.21 Å². The highest BCUT2D eigenvalue weighted by molar-refractivity contribution is 7.93. The number of morpholine rings is 1. The molecule has 2 fully saturated rings. The summed E-state index contributed by atoms with van der Waals surface area (Å²) < 4.78 is 27.8. The second-order valence-corrected chi connectivity index (χ2v) is 9.70. The molecule has 0 saturated carbocycles. The number of aromatic nitrogens is 2. The Labute approximate surface area is 159 Å². The fourth-order valence-electron chi connectivity index (χ4n) is 3.41. The molecule has 1 aromatic heterocycles. The second-order valence-electron chi connectivity index (χ2n) is 7.16. The molecule has 3 heterocycles. The molecule has 1 N–H and O–H groups in total. The van der Waals surface area contributed by atoms with Gasteiger partial charge in [-0.3, -0.25) is 14.7 Å². The van der Waals surface area contributed by atoms with E-state index >= 15 is 0 Å². The first-order chi connectivity index (χ1) is 12.8. The number of nitrogens with one attached hydrogen (secondary N) is 1. The van der Waals surface area contributed by atoms with Gasteiger partial charge in [0.1, 0.15) is 6.10 Å². The van der Waals surface area contributed by atoms with Crippen LogP contribution in [0.4, 0.5) is 0 Å². The van der Waals surface area contributed by atoms with Crippen molar-refractivity contribution in [3.05, 3.63) is 17.5 Å². The quantitative estimate of drug-likeness (QED) is 0.804. The van der Waals surface area contributed by atoms with Crippen LogP contribution in [0.25, 0.3) is 0 Å². The summed E-state index contributed by atoms with van der Waals surface area (Å²) in [6.45, 7) is 4.78. The standard InChI is InChI=1S/C17H26N4O5S/c1-12-14(10-18-19-12)16(23)21-6-7-26-17(11-21)4-8-27(24,9-5-17)20-15(22)13(2)25-3/h10,13H,4-9,11H2,1-3H3,(H,18,19). The smallest absolute Gasteiger partial charge is 0.282 e. The lowest BCUT2D eigenvalue weighted by Crippen LogP contribution is -2.56. The third kappa shape index (κ3) is 4.22. The summed E-state index contributed by atoms with van der Waals surface area (Å²) in [4.78, 5) is 26.5. The molecule has 0 aliphatic carbocycles. The van der Waals surface area contributed by atoms with Crippen LogP contribution in [-0.4, -0.2) is 81.1 Å². The van der Waals surface area contributed by atoms with E-state index in [-0.39, 0.29) is 17.4 Å². The Morgan fingerprint density at radius 1 is 1.44 bits per heavy atom. The summed E-state index contributed by atoms with van der Waals surface area (Å²) in [5.41, 5.74) is 0.760. The van der Waals surface area contributed by atoms with Crippen molar-refractivity contribution in [2.24, 2.45) is 4.36 Å². The van der Waals surface area contributed by atoms with Crippen molar-refractivity contribution in [3.63, 3.8) is 0 Å². The van der Waals surface area contributed by atoms with E-state index in [0.717, 1.165) is 5.69 Å². The minimum atomic E-state index is -2.61. The van der Waals surface area contributed by atoms with Gasteiger partial charge in [0.15, 0.2) is 0 Å². The third-order valence-corrected chi connectivity index (χ3v) is 7.50. The highest BCUT2D eigenvalue weighted by atomic mass is 32.2. The van der Waals surface area contributed by atoms with Crippen molar-refractivity contribution >= 4 is 21.5 Å². The van der Waals surface area contributed by atoms with E-state index in [2.05, 4.69) is 14.6 Å². The van der Waals surface area contributed by atoms with Crippen LogP contribution in [0.3, 0.4) is 0 Å². The van der Waals surface area contributed by atoms with Crippen LogP contribution < -0.4 is 0 Å². The Morgan fingerprint density at radius 2 is 2.15 bits per heavy atom. The number of methoxy groups -OCH3 is 1. The molecular formula is C17H26N4O5S. The first kappa shape index (κ1) is 20.0. The molecule has 0 aromatic carbocycles. The van der Waals surface area contributed by atoms with Crippen LogP contribution in [0.2, 0.25) is 0 Å². The molecule has 3 rings (SSSR count). The summed E-state index contributed by atoms with van der Waals surface area (Å²) in [5.74, 6) is -0.0107. The van der Waals surface area contributed by atoms with E-state index in [1.807, 2.05) is 6.92 Å². The molecule has 1 spiro atoms. The first-order valence-corrected chi connectivity index (χ1v) is 10.9. The van der Waals surface area contributed by atoms with Gasteiger partial charge in [-0.05, 0) is 26.7 Å². The van der Waals surface area contributed by atoms with E-state index in [1.54, 1.807) is 11.8 Å². The SMILES string of the molecule is COC(C)C(=O)N=S1(=O)CCC2(CC1)CN(C(=O)c1cn[nH]c1C)CCO2. The summed E-state index contributed by atoms with van der Waals surface area (Å²) in [5, 5.41) is 6.69. The predicted octanol–water partition coefficient (Wildman–Crippen LogP) is 0.753. The molecule has 2 aliphatic heterocycles. The molecule has 9 nitrogen and oxygen atoms in total. The Kier molecular flexibility index (Phi) is 5.68. The average molecular weight is 398 g/mol. The number of hydrogen-bond acceptors (Lipinski definition) is 6. The molecule has 150 valence electrons. The van der Waals surface area contributed by atoms with Gasteiger partial charge in [-0.2, -0.15) is 9.46 Å². The van der Waals surface area contributed by atoms with Gasteiger partial charge in [-0.15, -0.1) is 0 Å². The highest BCUT2D eigenvalue weighted by Gasteiger charge is 2.43. The van der Waals surface area contributed by atoms with E-state index in [0.29, 0.717) is 38.1 Å². The van der Waals surface area contributed by atoms with Crippen molar-refractivity contribution in [2.45, 2.75) is 38.4 Å². The van der Waals surface area contributed by atoms with Crippen LogP contribution in [-0.2, 0) is 24.0 Å². The molecule has 0 radical (unpaired) electrons. The zero-order chi connectivity index (χ0) is 19.7. The minimum Gasteiger partial charge on any atom is -0.372 e. The van der Waals surface area contributed by atoms with Crippen molar-refractivity contribution in [1.29, 1.82) is 0 Å². The topological polar surface area (TPSA) is 114 Å². The van der Waals surface area contributed by atoms with Crippen LogP contribution in [0.15, 0.2) is 10.6 Å². The molecule has 2 saturated heterocycles. The summed E-state index contributed by atoms with van der Waals surface area (Å²) in [7, 11) is -1.19. The van der Waals surface area contributed by atoms with Crippen molar-refractivity contribution in [2.75, 3.05) is 38.3 Å². The van der Waals surface area contributed by atoms with Gasteiger partial charge < -0.3 is 14.4 Å². The van der Waals surface area contributed by atoms with Gasteiger partial charge in [0, 0.05) is 30.9 Å². The van der Waals surface area contributed by atoms with Crippen molar-refractivity contribution in [3.8, 4) is 0 Å². The van der Waals surface area contributed by atoms with Crippen molar-refractivity contribution in [1.82, 2.24) is 15.1 Å². The van der Waals surface area contributed by atoms with Crippen molar-refractivity contribution < 1.29 is 23.3 Å². The highest BCUT2D eigenvalue weighted by Crippen LogP contribution is 2.32. The summed E-state index contributed by atoms with van der Waals surface area (Å²) in [6.07, 6.45) is 1.84. The summed E-state index contributed by atoms with van der Waals surface area (Å²) >= 11 is 0. The first-order valence-electron chi connectivity index (χ1n) is 9.00. The molecule has 1 aromatic rings. The van der Waals surface area contributed by atoms with Crippen LogP contribution in [0.5, 0.6) is 0 Å². The fourth-order valence-corrected chi connectivity index (χ4v) is 5.65. The number of aromatic amines is 1. The molecule has 2 aliphatic rings. The Bertz CT molecular complexity index is 828. The molecule has 10 heteroatoms. The van der Waals surface area contributed by atoms with Gasteiger partial charge >= 0.3 is 0 Å². The maximum Gasteiger partial charge on any atom is 0.282 e. The molecule has 0 bridgehead atoms. The number of rotatable bonds is 3. The number of carbonyl (C=O) groups excluding carboxylic acids is 2. The van der Waals surface area contributed by atoms with Gasteiger partial charge in [-0.1, -0.05) is 0 Å². The second kappa shape index (κ2) is 7.69. The molecule has 2 amide bonds. The summed E-state index contributed by atoms with van der Waals surface area (Å²) in [6, 6.07) is 0. The van der Waals surface area contributed by atoms with Gasteiger partial charge in [0.05, 0.1) is 40.2 Å². The average Bonchev–Trinajstić information content (AvgIpc) is 3.09. The number of amides is 2. The maximum absolute atomic E-state index is 12.9. The van der Waals surface area contributed by atoms with E-state index in [4.69, 9.17) is 9.47 Å². The van der Waals surface area contributed by atoms with Crippen LogP contribution >= 0.6 is 0 Å². The number of H-pyrrole nitrogens is 1. The molecule has 1 atom stereocenters. The monoisotopic (exact) mass is 398 g/mol. The Morgan fingerprint density at radius 3 is 2.74 bits per heavy atom. The maximum atomic E-state index is 12.9. The number of carbonyl (C=O) groups is 2. The number of ether oxygens (including phenoxy) is 2. The Hall–Kier alpha value is -1.78. The number of nitrogens with zero attached hydrogens (tertiary/aromatic N) is 3. The Balaban J connectivity index is 1.69. The lowest BCUT2D eigenvalue weighted by atomic mass is 9.94. The minimum absolute atomic E-state index is 0.0796. The number of hydrogen-bond donors (Lipinski definition) is 1. The lowest BCUT2D eigenvalue weighted by Gasteiger charge is -2.45. The van der Waals surface area contributed by atoms with Crippen LogP contribution in [0.1, 0.15) is 35.8 Å². The third-order valence-electron chi connectivity index (χ3n) is 5.31. The lowest BCUT2D eigenvalue weighted by molar-refractivity contribution is -0.126. The van der Waals surface area contributed by atoms with E-state index < -0.39 is 27.3 Å². The zero-order valence-electron chi connectivity index (χ0n) is 15.9. The molecule has 1 unspecified atom stereocenters. The van der Waals surface area contributed by atoms with Crippen LogP contribution in [0, 0.1) is 6.92 Å². The number of aryl methyl sites for hydroxylation is 1. The zero-order valence-corrected chi connectivity index (χ0v) is 16.7.